The molecule has 0 saturated heterocycles. The number of halogens is 2. The van der Waals surface area contributed by atoms with Crippen molar-refractivity contribution in [1.82, 2.24) is 0 Å². The molecule has 0 saturated carbocycles. The molecule has 0 heterocycles. The fourth-order valence-electron chi connectivity index (χ4n) is 1.10. The van der Waals surface area contributed by atoms with Crippen LogP contribution in [0.25, 0.3) is 0 Å². The molecule has 3 heteroatoms. The molecule has 0 atom stereocenters. The summed E-state index contributed by atoms with van der Waals surface area (Å²) in [5, 5.41) is 1.83. The lowest BCUT2D eigenvalue weighted by molar-refractivity contribution is 0.118. The standard InChI is InChI=1S/C11H14BrClO/c12-7-3-4-8-14-9-10-5-1-2-6-11(10)13/h1-2,5-6H,3-4,7-9H2. The molecular weight excluding hydrogens is 263 g/mol. The van der Waals surface area contributed by atoms with Gasteiger partial charge in [0.05, 0.1) is 6.61 Å². The average molecular weight is 278 g/mol. The van der Waals surface area contributed by atoms with Crippen LogP contribution in [0.4, 0.5) is 0 Å². The first-order valence-corrected chi connectivity index (χ1v) is 6.21. The third-order valence-electron chi connectivity index (χ3n) is 1.89. The van der Waals surface area contributed by atoms with Gasteiger partial charge in [0.15, 0.2) is 0 Å². The van der Waals surface area contributed by atoms with Gasteiger partial charge in [-0.25, -0.2) is 0 Å². The van der Waals surface area contributed by atoms with E-state index in [4.69, 9.17) is 16.3 Å². The zero-order valence-corrected chi connectivity index (χ0v) is 10.4. The van der Waals surface area contributed by atoms with Gasteiger partial charge in [-0.3, -0.25) is 0 Å². The Morgan fingerprint density at radius 3 is 2.71 bits per heavy atom. The normalized spacial score (nSPS) is 10.4. The second kappa shape index (κ2) is 7.27. The van der Waals surface area contributed by atoms with Crippen molar-refractivity contribution >= 4 is 27.5 Å². The average Bonchev–Trinajstić information content (AvgIpc) is 2.20. The van der Waals surface area contributed by atoms with Gasteiger partial charge in [0.25, 0.3) is 0 Å². The zero-order valence-electron chi connectivity index (χ0n) is 8.01. The molecule has 0 spiro atoms. The van der Waals surface area contributed by atoms with Gasteiger partial charge >= 0.3 is 0 Å². The largest absolute Gasteiger partial charge is 0.377 e. The van der Waals surface area contributed by atoms with Crippen molar-refractivity contribution in [3.8, 4) is 0 Å². The van der Waals surface area contributed by atoms with E-state index in [0.717, 1.165) is 35.4 Å². The lowest BCUT2D eigenvalue weighted by Crippen LogP contribution is -1.96. The maximum atomic E-state index is 5.98. The minimum absolute atomic E-state index is 0.613. The number of alkyl halides is 1. The van der Waals surface area contributed by atoms with Crippen molar-refractivity contribution in [2.24, 2.45) is 0 Å². The van der Waals surface area contributed by atoms with Gasteiger partial charge in [-0.1, -0.05) is 45.7 Å². The zero-order chi connectivity index (χ0) is 10.2. The topological polar surface area (TPSA) is 9.23 Å². The molecule has 0 aromatic heterocycles. The summed E-state index contributed by atoms with van der Waals surface area (Å²) in [5.41, 5.74) is 1.06. The van der Waals surface area contributed by atoms with Crippen molar-refractivity contribution in [3.05, 3.63) is 34.9 Å². The van der Waals surface area contributed by atoms with Gasteiger partial charge in [0.1, 0.15) is 0 Å². The van der Waals surface area contributed by atoms with E-state index in [1.165, 1.54) is 0 Å². The molecule has 0 aliphatic rings. The predicted molar refractivity (Wildman–Crippen MR) is 64.1 cm³/mol. The van der Waals surface area contributed by atoms with Gasteiger partial charge < -0.3 is 4.74 Å². The monoisotopic (exact) mass is 276 g/mol. The quantitative estimate of drug-likeness (QED) is 0.563. The second-order valence-electron chi connectivity index (χ2n) is 3.04. The molecule has 0 N–H and O–H groups in total. The highest BCUT2D eigenvalue weighted by Gasteiger charge is 1.97. The van der Waals surface area contributed by atoms with E-state index in [1.54, 1.807) is 0 Å². The Morgan fingerprint density at radius 2 is 2.00 bits per heavy atom. The van der Waals surface area contributed by atoms with E-state index in [9.17, 15) is 0 Å². The van der Waals surface area contributed by atoms with Gasteiger partial charge in [0.2, 0.25) is 0 Å². The molecule has 0 amide bonds. The van der Waals surface area contributed by atoms with Crippen molar-refractivity contribution in [2.45, 2.75) is 19.4 Å². The van der Waals surface area contributed by atoms with Crippen LogP contribution in [0.5, 0.6) is 0 Å². The number of benzene rings is 1. The summed E-state index contributed by atoms with van der Waals surface area (Å²) >= 11 is 9.36. The minimum atomic E-state index is 0.613. The Morgan fingerprint density at radius 1 is 1.21 bits per heavy atom. The van der Waals surface area contributed by atoms with Crippen LogP contribution >= 0.6 is 27.5 Å². The van der Waals surface area contributed by atoms with Crippen molar-refractivity contribution in [2.75, 3.05) is 11.9 Å². The summed E-state index contributed by atoms with van der Waals surface area (Å²) < 4.78 is 5.50. The Labute approximate surface area is 98.5 Å². The molecule has 1 nitrogen and oxygen atoms in total. The maximum absolute atomic E-state index is 5.98. The first-order valence-electron chi connectivity index (χ1n) is 4.71. The Hall–Kier alpha value is -0.0500. The van der Waals surface area contributed by atoms with E-state index < -0.39 is 0 Å². The van der Waals surface area contributed by atoms with Crippen LogP contribution in [0.1, 0.15) is 18.4 Å². The molecule has 1 aromatic rings. The van der Waals surface area contributed by atoms with Gasteiger partial charge in [-0.05, 0) is 24.5 Å². The summed E-state index contributed by atoms with van der Waals surface area (Å²) in [6.45, 7) is 1.42. The highest BCUT2D eigenvalue weighted by atomic mass is 79.9. The highest BCUT2D eigenvalue weighted by Crippen LogP contribution is 2.15. The van der Waals surface area contributed by atoms with Crippen LogP contribution in [0.15, 0.2) is 24.3 Å². The van der Waals surface area contributed by atoms with Crippen LogP contribution in [0.2, 0.25) is 5.02 Å². The number of hydrogen-bond acceptors (Lipinski definition) is 1. The van der Waals surface area contributed by atoms with E-state index in [2.05, 4.69) is 15.9 Å². The summed E-state index contributed by atoms with van der Waals surface area (Å²) in [6, 6.07) is 7.78. The third kappa shape index (κ3) is 4.45. The molecule has 0 unspecified atom stereocenters. The number of unbranched alkanes of at least 4 members (excludes halogenated alkanes) is 1. The van der Waals surface area contributed by atoms with Crippen LogP contribution < -0.4 is 0 Å². The van der Waals surface area contributed by atoms with Crippen LogP contribution in [-0.2, 0) is 11.3 Å². The fraction of sp³-hybridized carbons (Fsp3) is 0.455. The van der Waals surface area contributed by atoms with Crippen molar-refractivity contribution in [3.63, 3.8) is 0 Å². The molecule has 0 aliphatic heterocycles. The van der Waals surface area contributed by atoms with Gasteiger partial charge in [-0.2, -0.15) is 0 Å². The van der Waals surface area contributed by atoms with E-state index in [1.807, 2.05) is 24.3 Å². The molecule has 78 valence electrons. The second-order valence-corrected chi connectivity index (χ2v) is 4.24. The number of ether oxygens (including phenoxy) is 1. The van der Waals surface area contributed by atoms with Crippen LogP contribution in [0.3, 0.4) is 0 Å². The molecule has 0 radical (unpaired) electrons. The minimum Gasteiger partial charge on any atom is -0.377 e. The van der Waals surface area contributed by atoms with Crippen molar-refractivity contribution in [1.29, 1.82) is 0 Å². The summed E-state index contributed by atoms with van der Waals surface area (Å²) in [7, 11) is 0. The maximum Gasteiger partial charge on any atom is 0.0731 e. The third-order valence-corrected chi connectivity index (χ3v) is 2.82. The summed E-state index contributed by atoms with van der Waals surface area (Å²) in [6.07, 6.45) is 2.25. The number of hydrogen-bond donors (Lipinski definition) is 0. The highest BCUT2D eigenvalue weighted by molar-refractivity contribution is 9.09. The molecule has 0 fully saturated rings. The first-order chi connectivity index (χ1) is 6.84. The smallest absolute Gasteiger partial charge is 0.0731 e. The first kappa shape index (κ1) is 12.0. The predicted octanol–water partition coefficient (Wildman–Crippen LogP) is 4.03. The fourth-order valence-corrected chi connectivity index (χ4v) is 1.68. The SMILES string of the molecule is Clc1ccccc1COCCCCBr. The van der Waals surface area contributed by atoms with Crippen LogP contribution in [-0.4, -0.2) is 11.9 Å². The molecule has 0 aliphatic carbocycles. The van der Waals surface area contributed by atoms with Crippen LogP contribution in [0, 0.1) is 0 Å². The van der Waals surface area contributed by atoms with Gasteiger partial charge in [-0.15, -0.1) is 0 Å². The van der Waals surface area contributed by atoms with E-state index in [-0.39, 0.29) is 0 Å². The Bertz CT molecular complexity index is 265. The van der Waals surface area contributed by atoms with E-state index >= 15 is 0 Å². The molecular formula is C11H14BrClO. The summed E-state index contributed by atoms with van der Waals surface area (Å²) in [4.78, 5) is 0. The molecule has 1 rings (SSSR count). The Kier molecular flexibility index (Phi) is 6.24. The lowest BCUT2D eigenvalue weighted by Gasteiger charge is -2.05. The van der Waals surface area contributed by atoms with Gasteiger partial charge in [0, 0.05) is 17.0 Å². The Balaban J connectivity index is 2.21. The molecule has 14 heavy (non-hydrogen) atoms. The molecule has 1 aromatic carbocycles. The van der Waals surface area contributed by atoms with E-state index in [0.29, 0.717) is 6.61 Å². The summed E-state index contributed by atoms with van der Waals surface area (Å²) in [5.74, 6) is 0. The lowest BCUT2D eigenvalue weighted by atomic mass is 10.2. The van der Waals surface area contributed by atoms with Crippen molar-refractivity contribution < 1.29 is 4.74 Å². The molecule has 0 bridgehead atoms. The number of rotatable bonds is 6.